The molecule has 12 rings (SSSR count). The molecule has 0 heterocycles. The Balaban J connectivity index is 1.20. The lowest BCUT2D eigenvalue weighted by atomic mass is 9.70. The van der Waals surface area contributed by atoms with Crippen LogP contribution in [0.4, 0.5) is 34.1 Å². The zero-order valence-corrected chi connectivity index (χ0v) is 33.5. The van der Waals surface area contributed by atoms with Crippen molar-refractivity contribution < 1.29 is 0 Å². The molecule has 10 aromatic carbocycles. The fraction of sp³-hybridized carbons (Fsp3) is 0.0169. The van der Waals surface area contributed by atoms with Crippen molar-refractivity contribution in [2.75, 3.05) is 9.80 Å². The van der Waals surface area contributed by atoms with E-state index in [4.69, 9.17) is 0 Å². The van der Waals surface area contributed by atoms with Crippen LogP contribution in [0, 0.1) is 0 Å². The van der Waals surface area contributed by atoms with Gasteiger partial charge in [0.1, 0.15) is 0 Å². The van der Waals surface area contributed by atoms with Crippen molar-refractivity contribution in [3.63, 3.8) is 0 Å². The van der Waals surface area contributed by atoms with Crippen LogP contribution in [0.3, 0.4) is 0 Å². The molecule has 0 radical (unpaired) electrons. The third kappa shape index (κ3) is 5.22. The van der Waals surface area contributed by atoms with E-state index in [9.17, 15) is 0 Å². The standard InChI is InChI=1S/C59H40N2/c1-5-22-41(23-6-1)45-30-17-20-38-54(45)61(44-28-11-4-12-29-44)56-40-53-57(47-32-14-13-31-46(47)56)48-33-15-18-35-50(48)59(53)51-36-19-16-34-49(51)58-52(59)37-21-39-55(58)60(42-24-7-2-8-25-42)43-26-9-3-10-27-43/h1-40H. The van der Waals surface area contributed by atoms with Crippen LogP contribution in [-0.2, 0) is 5.41 Å². The maximum atomic E-state index is 2.54. The highest BCUT2D eigenvalue weighted by Gasteiger charge is 2.53. The average molecular weight is 777 g/mol. The number of hydrogen-bond donors (Lipinski definition) is 0. The number of nitrogens with zero attached hydrogens (tertiary/aromatic N) is 2. The Kier molecular flexibility index (Phi) is 8.11. The van der Waals surface area contributed by atoms with Gasteiger partial charge < -0.3 is 9.80 Å². The van der Waals surface area contributed by atoms with E-state index < -0.39 is 5.41 Å². The van der Waals surface area contributed by atoms with Gasteiger partial charge in [0.25, 0.3) is 0 Å². The number of hydrogen-bond acceptors (Lipinski definition) is 2. The second kappa shape index (κ2) is 14.1. The van der Waals surface area contributed by atoms with Gasteiger partial charge in [-0.15, -0.1) is 0 Å². The van der Waals surface area contributed by atoms with Crippen LogP contribution in [0.15, 0.2) is 243 Å². The summed E-state index contributed by atoms with van der Waals surface area (Å²) in [5.74, 6) is 0. The zero-order valence-electron chi connectivity index (χ0n) is 33.5. The molecule has 286 valence electrons. The summed E-state index contributed by atoms with van der Waals surface area (Å²) in [6, 6.07) is 89.0. The highest BCUT2D eigenvalue weighted by molar-refractivity contribution is 6.13. The van der Waals surface area contributed by atoms with E-state index in [0.717, 1.165) is 34.1 Å². The van der Waals surface area contributed by atoms with Crippen molar-refractivity contribution in [3.05, 3.63) is 265 Å². The molecule has 2 aliphatic carbocycles. The molecule has 0 N–H and O–H groups in total. The van der Waals surface area contributed by atoms with Crippen molar-refractivity contribution in [2.24, 2.45) is 0 Å². The van der Waals surface area contributed by atoms with Crippen LogP contribution >= 0.6 is 0 Å². The molecule has 1 spiro atoms. The Hall–Kier alpha value is -7.94. The summed E-state index contributed by atoms with van der Waals surface area (Å²) >= 11 is 0. The zero-order chi connectivity index (χ0) is 40.3. The molecule has 2 nitrogen and oxygen atoms in total. The van der Waals surface area contributed by atoms with Crippen LogP contribution in [0.2, 0.25) is 0 Å². The smallest absolute Gasteiger partial charge is 0.0727 e. The summed E-state index contributed by atoms with van der Waals surface area (Å²) in [6.45, 7) is 0. The molecule has 2 aliphatic rings. The van der Waals surface area contributed by atoms with Gasteiger partial charge in [0.2, 0.25) is 0 Å². The van der Waals surface area contributed by atoms with Crippen molar-refractivity contribution in [3.8, 4) is 33.4 Å². The lowest BCUT2D eigenvalue weighted by Gasteiger charge is -2.34. The summed E-state index contributed by atoms with van der Waals surface area (Å²) in [5, 5.41) is 2.45. The minimum absolute atomic E-state index is 0.590. The molecule has 10 aromatic rings. The van der Waals surface area contributed by atoms with Crippen LogP contribution in [0.25, 0.3) is 44.2 Å². The number of para-hydroxylation sites is 4. The van der Waals surface area contributed by atoms with Crippen LogP contribution in [0.5, 0.6) is 0 Å². The maximum absolute atomic E-state index is 2.54. The lowest BCUT2D eigenvalue weighted by Crippen LogP contribution is -2.26. The van der Waals surface area contributed by atoms with E-state index in [1.54, 1.807) is 0 Å². The molecule has 1 atom stereocenters. The normalized spacial score (nSPS) is 14.3. The number of anilines is 6. The first kappa shape index (κ1) is 35.0. The quantitative estimate of drug-likeness (QED) is 0.159. The first-order chi connectivity index (χ1) is 30.3. The van der Waals surface area contributed by atoms with E-state index in [0.29, 0.717) is 0 Å². The first-order valence-corrected chi connectivity index (χ1v) is 21.1. The second-order valence-corrected chi connectivity index (χ2v) is 16.0. The summed E-state index contributed by atoms with van der Waals surface area (Å²) in [7, 11) is 0. The molecule has 0 bridgehead atoms. The van der Waals surface area contributed by atoms with E-state index in [1.807, 2.05) is 0 Å². The molecule has 0 saturated heterocycles. The van der Waals surface area contributed by atoms with Crippen LogP contribution in [0.1, 0.15) is 22.3 Å². The fourth-order valence-corrected chi connectivity index (χ4v) is 10.5. The number of fused-ring (bicyclic) bond motifs is 12. The van der Waals surface area contributed by atoms with Gasteiger partial charge in [-0.3, -0.25) is 0 Å². The third-order valence-corrected chi connectivity index (χ3v) is 12.8. The van der Waals surface area contributed by atoms with Crippen molar-refractivity contribution in [2.45, 2.75) is 5.41 Å². The molecule has 0 amide bonds. The molecule has 0 fully saturated rings. The van der Waals surface area contributed by atoms with Gasteiger partial charge in [-0.1, -0.05) is 188 Å². The van der Waals surface area contributed by atoms with Gasteiger partial charge in [-0.25, -0.2) is 0 Å². The van der Waals surface area contributed by atoms with Crippen molar-refractivity contribution in [1.82, 2.24) is 0 Å². The van der Waals surface area contributed by atoms with E-state index >= 15 is 0 Å². The van der Waals surface area contributed by atoms with Gasteiger partial charge in [0.05, 0.1) is 22.5 Å². The Morgan fingerprint density at radius 1 is 0.262 bits per heavy atom. The van der Waals surface area contributed by atoms with Gasteiger partial charge >= 0.3 is 0 Å². The molecule has 0 saturated carbocycles. The predicted octanol–water partition coefficient (Wildman–Crippen LogP) is 15.8. The van der Waals surface area contributed by atoms with Gasteiger partial charge in [0.15, 0.2) is 0 Å². The number of benzene rings is 10. The Morgan fingerprint density at radius 3 is 1.33 bits per heavy atom. The minimum atomic E-state index is -0.590. The van der Waals surface area contributed by atoms with Crippen LogP contribution < -0.4 is 9.80 Å². The van der Waals surface area contributed by atoms with E-state index in [-0.39, 0.29) is 0 Å². The minimum Gasteiger partial charge on any atom is -0.310 e. The highest BCUT2D eigenvalue weighted by Crippen LogP contribution is 2.66. The Labute approximate surface area is 356 Å². The summed E-state index contributed by atoms with van der Waals surface area (Å²) in [4.78, 5) is 4.92. The molecule has 61 heavy (non-hydrogen) atoms. The Morgan fingerprint density at radius 2 is 0.705 bits per heavy atom. The summed E-state index contributed by atoms with van der Waals surface area (Å²) < 4.78 is 0. The van der Waals surface area contributed by atoms with Crippen LogP contribution in [-0.4, -0.2) is 0 Å². The largest absolute Gasteiger partial charge is 0.310 e. The fourth-order valence-electron chi connectivity index (χ4n) is 10.5. The van der Waals surface area contributed by atoms with Gasteiger partial charge in [0, 0.05) is 33.6 Å². The van der Waals surface area contributed by atoms with Crippen molar-refractivity contribution in [1.29, 1.82) is 0 Å². The molecular formula is C59H40N2. The average Bonchev–Trinajstić information content (AvgIpc) is 3.81. The molecule has 1 unspecified atom stereocenters. The van der Waals surface area contributed by atoms with E-state index in [1.165, 1.54) is 66.4 Å². The number of rotatable bonds is 7. The SMILES string of the molecule is c1ccc(-c2ccccc2N(c2ccccc2)c2cc3c(c4ccccc24)-c2ccccc2C32c3ccccc3-c3c(N(c4ccccc4)c4ccccc4)cccc32)cc1. The second-order valence-electron chi connectivity index (χ2n) is 16.0. The van der Waals surface area contributed by atoms with Gasteiger partial charge in [-0.2, -0.15) is 0 Å². The van der Waals surface area contributed by atoms with Gasteiger partial charge in [-0.05, 0) is 104 Å². The Bertz CT molecular complexity index is 3210. The monoisotopic (exact) mass is 776 g/mol. The maximum Gasteiger partial charge on any atom is 0.0727 e. The third-order valence-electron chi connectivity index (χ3n) is 12.8. The highest BCUT2D eigenvalue weighted by atomic mass is 15.2. The topological polar surface area (TPSA) is 6.48 Å². The summed E-state index contributed by atoms with van der Waals surface area (Å²) in [5.41, 5.74) is 18.9. The summed E-state index contributed by atoms with van der Waals surface area (Å²) in [6.07, 6.45) is 0. The molecular weight excluding hydrogens is 737 g/mol. The molecule has 0 aromatic heterocycles. The predicted molar refractivity (Wildman–Crippen MR) is 255 cm³/mol. The molecule has 0 aliphatic heterocycles. The first-order valence-electron chi connectivity index (χ1n) is 21.1. The van der Waals surface area contributed by atoms with E-state index in [2.05, 4.69) is 252 Å². The molecule has 2 heteroatoms. The van der Waals surface area contributed by atoms with Crippen molar-refractivity contribution >= 4 is 44.9 Å². The lowest BCUT2D eigenvalue weighted by molar-refractivity contribution is 0.794.